The largest absolute Gasteiger partial charge is 0.446 e. The van der Waals surface area contributed by atoms with Crippen molar-refractivity contribution in [3.05, 3.63) is 27.7 Å². The lowest BCUT2D eigenvalue weighted by Gasteiger charge is -2.10. The predicted molar refractivity (Wildman–Crippen MR) is 53.1 cm³/mol. The summed E-state index contributed by atoms with van der Waals surface area (Å²) in [5.41, 5.74) is -3.91. The molecule has 0 unspecified atom stereocenters. The van der Waals surface area contributed by atoms with Gasteiger partial charge in [-0.05, 0) is 36.4 Å². The van der Waals surface area contributed by atoms with Crippen molar-refractivity contribution < 1.29 is 13.2 Å². The van der Waals surface area contributed by atoms with Crippen LogP contribution in [0.5, 0.6) is 0 Å². The van der Waals surface area contributed by atoms with E-state index in [2.05, 4.69) is 0 Å². The van der Waals surface area contributed by atoms with Crippen LogP contribution in [-0.2, 0) is 0 Å². The lowest BCUT2D eigenvalue weighted by molar-refractivity contribution is -0.0328. The van der Waals surface area contributed by atoms with Gasteiger partial charge in [-0.2, -0.15) is 13.2 Å². The van der Waals surface area contributed by atoms with Gasteiger partial charge in [-0.15, -0.1) is 0 Å². The molecular weight excluding hydrogens is 256 g/mol. The van der Waals surface area contributed by atoms with Crippen LogP contribution in [0.25, 0.3) is 0 Å². The summed E-state index contributed by atoms with van der Waals surface area (Å²) in [6.45, 7) is 1.53. The van der Waals surface area contributed by atoms with Gasteiger partial charge in [0, 0.05) is 9.92 Å². The highest BCUT2D eigenvalue weighted by Gasteiger charge is 2.31. The molecule has 0 atom stereocenters. The van der Waals surface area contributed by atoms with Gasteiger partial charge in [0.2, 0.25) is 0 Å². The zero-order valence-corrected chi connectivity index (χ0v) is 9.28. The number of rotatable bonds is 1. The number of hydrogen-bond acceptors (Lipinski definition) is 1. The monoisotopic (exact) mass is 260 g/mol. The molecule has 0 aromatic heterocycles. The molecular formula is C8H5Cl2F3S. The highest BCUT2D eigenvalue weighted by Crippen LogP contribution is 2.42. The van der Waals surface area contributed by atoms with E-state index in [4.69, 9.17) is 23.2 Å². The molecule has 0 saturated heterocycles. The zero-order chi connectivity index (χ0) is 10.9. The van der Waals surface area contributed by atoms with E-state index >= 15 is 0 Å². The maximum atomic E-state index is 12.1. The maximum absolute atomic E-state index is 12.1. The minimum atomic E-state index is -4.33. The number of halogens is 5. The molecule has 0 N–H and O–H groups in total. The van der Waals surface area contributed by atoms with E-state index in [-0.39, 0.29) is 21.7 Å². The second-order valence-electron chi connectivity index (χ2n) is 2.58. The third-order valence-electron chi connectivity index (χ3n) is 1.41. The van der Waals surface area contributed by atoms with Gasteiger partial charge in [0.25, 0.3) is 0 Å². The Morgan fingerprint density at radius 3 is 2.21 bits per heavy atom. The molecule has 0 heterocycles. The minimum Gasteiger partial charge on any atom is -0.160 e. The first-order valence-electron chi connectivity index (χ1n) is 3.51. The molecule has 1 rings (SSSR count). The Hall–Kier alpha value is -0.0600. The van der Waals surface area contributed by atoms with Crippen LogP contribution in [0.15, 0.2) is 17.0 Å². The van der Waals surface area contributed by atoms with E-state index in [0.29, 0.717) is 10.6 Å². The molecule has 0 nitrogen and oxygen atoms in total. The van der Waals surface area contributed by atoms with Gasteiger partial charge in [-0.25, -0.2) is 0 Å². The van der Waals surface area contributed by atoms with Gasteiger partial charge in [0.1, 0.15) is 0 Å². The first-order chi connectivity index (χ1) is 6.29. The molecule has 78 valence electrons. The van der Waals surface area contributed by atoms with Crippen molar-refractivity contribution in [2.45, 2.75) is 17.3 Å². The summed E-state index contributed by atoms with van der Waals surface area (Å²) < 4.78 is 36.2. The van der Waals surface area contributed by atoms with Gasteiger partial charge in [-0.3, -0.25) is 0 Å². The lowest BCUT2D eigenvalue weighted by Crippen LogP contribution is -2.00. The quantitative estimate of drug-likeness (QED) is 0.647. The summed E-state index contributed by atoms with van der Waals surface area (Å²) in [7, 11) is 0. The van der Waals surface area contributed by atoms with Crippen LogP contribution < -0.4 is 0 Å². The summed E-state index contributed by atoms with van der Waals surface area (Å²) in [6, 6.07) is 2.74. The molecule has 0 amide bonds. The lowest BCUT2D eigenvalue weighted by atomic mass is 10.2. The topological polar surface area (TPSA) is 0 Å². The van der Waals surface area contributed by atoms with Crippen molar-refractivity contribution in [1.82, 2.24) is 0 Å². The van der Waals surface area contributed by atoms with Gasteiger partial charge in [0.15, 0.2) is 0 Å². The molecule has 14 heavy (non-hydrogen) atoms. The Balaban J connectivity index is 3.09. The normalized spacial score (nSPS) is 11.9. The van der Waals surface area contributed by atoms with Crippen LogP contribution in [0.3, 0.4) is 0 Å². The van der Waals surface area contributed by atoms with Gasteiger partial charge in [-0.1, -0.05) is 23.2 Å². The van der Waals surface area contributed by atoms with Crippen LogP contribution in [-0.4, -0.2) is 5.51 Å². The molecule has 1 aromatic rings. The Kier molecular flexibility index (Phi) is 3.61. The van der Waals surface area contributed by atoms with Crippen LogP contribution in [0, 0.1) is 6.92 Å². The van der Waals surface area contributed by atoms with Gasteiger partial charge >= 0.3 is 5.51 Å². The SMILES string of the molecule is Cc1cc(Cl)cc(Cl)c1SC(F)(F)F. The molecule has 0 spiro atoms. The first-order valence-corrected chi connectivity index (χ1v) is 5.08. The molecule has 1 aromatic carbocycles. The maximum Gasteiger partial charge on any atom is 0.446 e. The fourth-order valence-corrected chi connectivity index (χ4v) is 2.25. The third kappa shape index (κ3) is 3.26. The number of alkyl halides is 3. The van der Waals surface area contributed by atoms with Gasteiger partial charge in [0.05, 0.1) is 5.02 Å². The van der Waals surface area contributed by atoms with Crippen LogP contribution in [0.4, 0.5) is 13.2 Å². The van der Waals surface area contributed by atoms with Crippen molar-refractivity contribution in [1.29, 1.82) is 0 Å². The van der Waals surface area contributed by atoms with Crippen molar-refractivity contribution in [2.24, 2.45) is 0 Å². The average molecular weight is 261 g/mol. The van der Waals surface area contributed by atoms with E-state index in [9.17, 15) is 13.2 Å². The average Bonchev–Trinajstić information content (AvgIpc) is 1.95. The van der Waals surface area contributed by atoms with Crippen molar-refractivity contribution in [3.8, 4) is 0 Å². The summed E-state index contributed by atoms with van der Waals surface area (Å²) in [5.74, 6) is 0. The van der Waals surface area contributed by atoms with E-state index in [0.717, 1.165) is 0 Å². The molecule has 0 bridgehead atoms. The number of benzene rings is 1. The Labute approximate surface area is 93.4 Å². The van der Waals surface area contributed by atoms with E-state index in [1.165, 1.54) is 19.1 Å². The summed E-state index contributed by atoms with van der Waals surface area (Å²) in [5, 5.41) is 0.358. The standard InChI is InChI=1S/C8H5Cl2F3S/c1-4-2-5(9)3-6(10)7(4)14-8(11,12)13/h2-3H,1H3. The summed E-state index contributed by atoms with van der Waals surface area (Å²) >= 11 is 11.0. The molecule has 0 aliphatic heterocycles. The van der Waals surface area contributed by atoms with E-state index in [1.54, 1.807) is 0 Å². The molecule has 0 aliphatic rings. The van der Waals surface area contributed by atoms with Crippen LogP contribution >= 0.6 is 35.0 Å². The van der Waals surface area contributed by atoms with Crippen molar-refractivity contribution >= 4 is 35.0 Å². The minimum absolute atomic E-state index is 0.00330. The summed E-state index contributed by atoms with van der Waals surface area (Å²) in [6.07, 6.45) is 0. The van der Waals surface area contributed by atoms with E-state index in [1.807, 2.05) is 0 Å². The molecule has 0 saturated carbocycles. The Bertz CT molecular complexity index is 326. The Morgan fingerprint density at radius 1 is 1.21 bits per heavy atom. The molecule has 0 fully saturated rings. The van der Waals surface area contributed by atoms with Crippen molar-refractivity contribution in [2.75, 3.05) is 0 Å². The predicted octanol–water partition coefficient (Wildman–Crippen LogP) is 4.91. The third-order valence-corrected chi connectivity index (χ3v) is 3.02. The second-order valence-corrected chi connectivity index (χ2v) is 4.50. The number of aryl methyl sites for hydroxylation is 1. The highest BCUT2D eigenvalue weighted by atomic mass is 35.5. The van der Waals surface area contributed by atoms with Crippen molar-refractivity contribution in [3.63, 3.8) is 0 Å². The Morgan fingerprint density at radius 2 is 1.79 bits per heavy atom. The fraction of sp³-hybridized carbons (Fsp3) is 0.250. The van der Waals surface area contributed by atoms with Gasteiger partial charge < -0.3 is 0 Å². The number of hydrogen-bond donors (Lipinski definition) is 0. The number of thioether (sulfide) groups is 1. The zero-order valence-electron chi connectivity index (χ0n) is 6.95. The molecule has 0 aliphatic carbocycles. The van der Waals surface area contributed by atoms with Crippen LogP contribution in [0.1, 0.15) is 5.56 Å². The molecule has 6 heteroatoms. The van der Waals surface area contributed by atoms with E-state index < -0.39 is 5.51 Å². The van der Waals surface area contributed by atoms with Crippen LogP contribution in [0.2, 0.25) is 10.0 Å². The highest BCUT2D eigenvalue weighted by molar-refractivity contribution is 8.00. The fourth-order valence-electron chi connectivity index (χ4n) is 0.934. The smallest absolute Gasteiger partial charge is 0.160 e. The first kappa shape index (κ1) is 12.0. The molecule has 0 radical (unpaired) electrons. The second kappa shape index (κ2) is 4.21. The summed E-state index contributed by atoms with van der Waals surface area (Å²) in [4.78, 5) is 0.00330.